The molecule has 1 unspecified atom stereocenters. The number of nitrogens with zero attached hydrogens (tertiary/aromatic N) is 4. The zero-order chi connectivity index (χ0) is 19.0. The summed E-state index contributed by atoms with van der Waals surface area (Å²) in [5.74, 6) is -0.135. The number of carbonyl (C=O) groups is 1. The molecule has 2 heterocycles. The van der Waals surface area contributed by atoms with Crippen LogP contribution in [0.2, 0.25) is 0 Å². The SMILES string of the molecule is Cc1ccc(F)c(N2CC(c3noc(-c4ccc(C#N)cc4)n3)CC2=O)c1. The molecule has 0 bridgehead atoms. The van der Waals surface area contributed by atoms with Gasteiger partial charge in [-0.3, -0.25) is 4.79 Å². The van der Waals surface area contributed by atoms with Crippen molar-refractivity contribution in [3.63, 3.8) is 0 Å². The lowest BCUT2D eigenvalue weighted by Gasteiger charge is -2.17. The summed E-state index contributed by atoms with van der Waals surface area (Å²) in [5, 5.41) is 12.9. The van der Waals surface area contributed by atoms with Crippen molar-refractivity contribution in [3.8, 4) is 17.5 Å². The van der Waals surface area contributed by atoms with E-state index in [4.69, 9.17) is 9.78 Å². The molecule has 1 atom stereocenters. The summed E-state index contributed by atoms with van der Waals surface area (Å²) in [6, 6.07) is 13.5. The summed E-state index contributed by atoms with van der Waals surface area (Å²) in [7, 11) is 0. The van der Waals surface area contributed by atoms with Gasteiger partial charge in [0.1, 0.15) is 5.82 Å². The van der Waals surface area contributed by atoms with E-state index in [0.717, 1.165) is 5.56 Å². The number of anilines is 1. The first-order valence-corrected chi connectivity index (χ1v) is 8.46. The minimum atomic E-state index is -0.430. The van der Waals surface area contributed by atoms with Gasteiger partial charge < -0.3 is 9.42 Å². The third-order valence-electron chi connectivity index (χ3n) is 4.59. The van der Waals surface area contributed by atoms with Crippen molar-refractivity contribution in [2.75, 3.05) is 11.4 Å². The lowest BCUT2D eigenvalue weighted by molar-refractivity contribution is -0.117. The molecule has 0 aliphatic carbocycles. The fraction of sp³-hybridized carbons (Fsp3) is 0.200. The van der Waals surface area contributed by atoms with E-state index in [1.807, 2.05) is 13.0 Å². The number of hydrogen-bond acceptors (Lipinski definition) is 5. The van der Waals surface area contributed by atoms with Crippen molar-refractivity contribution in [1.29, 1.82) is 5.26 Å². The van der Waals surface area contributed by atoms with Gasteiger partial charge in [-0.25, -0.2) is 4.39 Å². The number of carbonyl (C=O) groups excluding carboxylic acids is 1. The van der Waals surface area contributed by atoms with Crippen LogP contribution in [0.3, 0.4) is 0 Å². The Kier molecular flexibility index (Phi) is 4.16. The van der Waals surface area contributed by atoms with Crippen LogP contribution in [0.1, 0.15) is 29.3 Å². The number of aryl methyl sites for hydroxylation is 1. The highest BCUT2D eigenvalue weighted by atomic mass is 19.1. The number of amides is 1. The maximum Gasteiger partial charge on any atom is 0.257 e. The molecule has 0 saturated carbocycles. The molecule has 27 heavy (non-hydrogen) atoms. The molecule has 134 valence electrons. The highest BCUT2D eigenvalue weighted by molar-refractivity contribution is 5.96. The van der Waals surface area contributed by atoms with E-state index in [0.29, 0.717) is 29.4 Å². The van der Waals surface area contributed by atoms with E-state index in [9.17, 15) is 9.18 Å². The van der Waals surface area contributed by atoms with E-state index < -0.39 is 5.82 Å². The van der Waals surface area contributed by atoms with Crippen LogP contribution in [-0.4, -0.2) is 22.6 Å². The van der Waals surface area contributed by atoms with Crippen LogP contribution >= 0.6 is 0 Å². The molecule has 1 amide bonds. The average Bonchev–Trinajstić information content (AvgIpc) is 3.31. The van der Waals surface area contributed by atoms with Gasteiger partial charge in [-0.15, -0.1) is 0 Å². The summed E-state index contributed by atoms with van der Waals surface area (Å²) < 4.78 is 19.5. The lowest BCUT2D eigenvalue weighted by Crippen LogP contribution is -2.25. The smallest absolute Gasteiger partial charge is 0.257 e. The standard InChI is InChI=1S/C20H15FN4O2/c1-12-2-7-16(21)17(8-12)25-11-15(9-18(25)26)19-23-20(27-24-19)14-5-3-13(10-22)4-6-14/h2-8,15H,9,11H2,1H3. The molecule has 7 heteroatoms. The first-order chi connectivity index (χ1) is 13.0. The van der Waals surface area contributed by atoms with Gasteiger partial charge in [-0.2, -0.15) is 10.2 Å². The zero-order valence-corrected chi connectivity index (χ0v) is 14.5. The predicted octanol–water partition coefficient (Wildman–Crippen LogP) is 3.58. The van der Waals surface area contributed by atoms with Gasteiger partial charge >= 0.3 is 0 Å². The molecule has 2 aromatic carbocycles. The molecule has 1 fully saturated rings. The van der Waals surface area contributed by atoms with Gasteiger partial charge in [0.05, 0.1) is 17.3 Å². The summed E-state index contributed by atoms with van der Waals surface area (Å²) in [6.07, 6.45) is 0.194. The van der Waals surface area contributed by atoms with Crippen molar-refractivity contribution in [3.05, 3.63) is 65.2 Å². The molecule has 0 N–H and O–H groups in total. The number of aromatic nitrogens is 2. The third kappa shape index (κ3) is 3.17. The van der Waals surface area contributed by atoms with E-state index in [1.54, 1.807) is 36.4 Å². The Labute approximate surface area is 154 Å². The molecule has 1 aliphatic heterocycles. The van der Waals surface area contributed by atoms with E-state index in [1.165, 1.54) is 11.0 Å². The lowest BCUT2D eigenvalue weighted by atomic mass is 10.1. The van der Waals surface area contributed by atoms with Crippen LogP contribution < -0.4 is 4.90 Å². The van der Waals surface area contributed by atoms with E-state index >= 15 is 0 Å². The Hall–Kier alpha value is -3.53. The fourth-order valence-corrected chi connectivity index (χ4v) is 3.15. The van der Waals surface area contributed by atoms with Crippen LogP contribution in [0.5, 0.6) is 0 Å². The van der Waals surface area contributed by atoms with Crippen LogP contribution in [0.4, 0.5) is 10.1 Å². The van der Waals surface area contributed by atoms with Gasteiger partial charge in [0.25, 0.3) is 5.89 Å². The quantitative estimate of drug-likeness (QED) is 0.711. The summed E-state index contributed by atoms with van der Waals surface area (Å²) in [5.41, 5.74) is 2.39. The summed E-state index contributed by atoms with van der Waals surface area (Å²) >= 11 is 0. The number of halogens is 1. The van der Waals surface area contributed by atoms with Gasteiger partial charge in [-0.1, -0.05) is 11.2 Å². The molecule has 0 radical (unpaired) electrons. The highest BCUT2D eigenvalue weighted by Gasteiger charge is 2.35. The minimum Gasteiger partial charge on any atom is -0.334 e. The van der Waals surface area contributed by atoms with Crippen LogP contribution in [-0.2, 0) is 4.79 Å². The Morgan fingerprint density at radius 1 is 1.26 bits per heavy atom. The number of rotatable bonds is 3. The van der Waals surface area contributed by atoms with E-state index in [-0.39, 0.29) is 23.9 Å². The Balaban J connectivity index is 1.57. The van der Waals surface area contributed by atoms with Crippen molar-refractivity contribution in [2.45, 2.75) is 19.3 Å². The molecule has 4 rings (SSSR count). The molecule has 3 aromatic rings. The molecule has 0 spiro atoms. The molecular formula is C20H15FN4O2. The predicted molar refractivity (Wildman–Crippen MR) is 95.3 cm³/mol. The Morgan fingerprint density at radius 2 is 2.04 bits per heavy atom. The maximum atomic E-state index is 14.1. The van der Waals surface area contributed by atoms with Crippen molar-refractivity contribution < 1.29 is 13.7 Å². The van der Waals surface area contributed by atoms with Crippen molar-refractivity contribution >= 4 is 11.6 Å². The second-order valence-electron chi connectivity index (χ2n) is 6.51. The fourth-order valence-electron chi connectivity index (χ4n) is 3.15. The number of nitriles is 1. The number of hydrogen-bond donors (Lipinski definition) is 0. The monoisotopic (exact) mass is 362 g/mol. The highest BCUT2D eigenvalue weighted by Crippen LogP contribution is 2.33. The second kappa shape index (κ2) is 6.65. The summed E-state index contributed by atoms with van der Waals surface area (Å²) in [6.45, 7) is 2.15. The largest absolute Gasteiger partial charge is 0.334 e. The molecular weight excluding hydrogens is 347 g/mol. The van der Waals surface area contributed by atoms with Crippen molar-refractivity contribution in [1.82, 2.24) is 10.1 Å². The molecule has 6 nitrogen and oxygen atoms in total. The van der Waals surface area contributed by atoms with Gasteiger partial charge in [0, 0.05) is 24.4 Å². The summed E-state index contributed by atoms with van der Waals surface area (Å²) in [4.78, 5) is 18.2. The van der Waals surface area contributed by atoms with Crippen LogP contribution in [0, 0.1) is 24.1 Å². The van der Waals surface area contributed by atoms with Crippen LogP contribution in [0.15, 0.2) is 47.0 Å². The molecule has 1 aromatic heterocycles. The Morgan fingerprint density at radius 3 is 2.78 bits per heavy atom. The van der Waals surface area contributed by atoms with Crippen LogP contribution in [0.25, 0.3) is 11.5 Å². The second-order valence-corrected chi connectivity index (χ2v) is 6.51. The normalized spacial score (nSPS) is 16.6. The third-order valence-corrected chi connectivity index (χ3v) is 4.59. The topological polar surface area (TPSA) is 83.0 Å². The van der Waals surface area contributed by atoms with Gasteiger partial charge in [0.2, 0.25) is 5.91 Å². The molecule has 1 saturated heterocycles. The first-order valence-electron chi connectivity index (χ1n) is 8.46. The average molecular weight is 362 g/mol. The maximum absolute atomic E-state index is 14.1. The minimum absolute atomic E-state index is 0.172. The number of benzene rings is 2. The first kappa shape index (κ1) is 16.9. The Bertz CT molecular complexity index is 1050. The van der Waals surface area contributed by atoms with Gasteiger partial charge in [-0.05, 0) is 48.9 Å². The molecule has 1 aliphatic rings. The van der Waals surface area contributed by atoms with Gasteiger partial charge in [0.15, 0.2) is 5.82 Å². The van der Waals surface area contributed by atoms with E-state index in [2.05, 4.69) is 10.1 Å². The van der Waals surface area contributed by atoms with Crippen molar-refractivity contribution in [2.24, 2.45) is 0 Å². The zero-order valence-electron chi connectivity index (χ0n) is 14.5.